The Balaban J connectivity index is 2.52. The third-order valence-electron chi connectivity index (χ3n) is 2.55. The Labute approximate surface area is 112 Å². The zero-order valence-corrected chi connectivity index (χ0v) is 12.1. The molecule has 0 unspecified atom stereocenters. The molecule has 1 rings (SSSR count). The maximum atomic E-state index is 11.7. The molecule has 0 spiro atoms. The topological polar surface area (TPSA) is 80.9 Å². The Morgan fingerprint density at radius 3 is 2.72 bits per heavy atom. The third kappa shape index (κ3) is 4.91. The van der Waals surface area contributed by atoms with E-state index in [-0.39, 0.29) is 11.4 Å². The molecule has 0 aliphatic carbocycles. The minimum atomic E-state index is -0.176. The van der Waals surface area contributed by atoms with Crippen LogP contribution in [-0.2, 0) is 4.79 Å². The lowest BCUT2D eigenvalue weighted by Gasteiger charge is -2.24. The molecule has 0 aliphatic heterocycles. The van der Waals surface area contributed by atoms with Crippen molar-refractivity contribution in [1.82, 2.24) is 15.3 Å². The molecule has 0 fully saturated rings. The molecular weight excluding hydrogens is 248 g/mol. The fourth-order valence-electron chi connectivity index (χ4n) is 1.26. The lowest BCUT2D eigenvalue weighted by Crippen LogP contribution is -2.43. The van der Waals surface area contributed by atoms with Crippen molar-refractivity contribution in [2.75, 3.05) is 11.5 Å². The maximum absolute atomic E-state index is 11.7. The molecule has 0 aromatic carbocycles. The smallest absolute Gasteiger partial charge is 0.230 e. The highest BCUT2D eigenvalue weighted by Crippen LogP contribution is 2.15. The normalized spacial score (nSPS) is 11.3. The zero-order chi connectivity index (χ0) is 13.8. The average molecular weight is 268 g/mol. The minimum absolute atomic E-state index is 0.0180. The first-order chi connectivity index (χ1) is 8.32. The maximum Gasteiger partial charge on any atom is 0.230 e. The third-order valence-corrected chi connectivity index (χ3v) is 3.39. The predicted octanol–water partition coefficient (Wildman–Crippen LogP) is 1.76. The molecule has 1 aromatic rings. The van der Waals surface area contributed by atoms with E-state index < -0.39 is 0 Å². The Hall–Kier alpha value is -1.30. The number of hydrogen-bond acceptors (Lipinski definition) is 5. The van der Waals surface area contributed by atoms with E-state index in [2.05, 4.69) is 15.3 Å². The Morgan fingerprint density at radius 2 is 2.17 bits per heavy atom. The van der Waals surface area contributed by atoms with Crippen molar-refractivity contribution >= 4 is 23.5 Å². The summed E-state index contributed by atoms with van der Waals surface area (Å²) in [5, 5.41) is 3.50. The highest BCUT2D eigenvalue weighted by molar-refractivity contribution is 7.99. The van der Waals surface area contributed by atoms with Gasteiger partial charge in [0.1, 0.15) is 5.82 Å². The van der Waals surface area contributed by atoms with Gasteiger partial charge in [-0.25, -0.2) is 9.97 Å². The van der Waals surface area contributed by atoms with Crippen molar-refractivity contribution in [3.05, 3.63) is 11.8 Å². The van der Waals surface area contributed by atoms with Crippen LogP contribution >= 0.6 is 11.8 Å². The van der Waals surface area contributed by atoms with Gasteiger partial charge in [0.15, 0.2) is 5.16 Å². The molecule has 1 heterocycles. The summed E-state index contributed by atoms with van der Waals surface area (Å²) in [6.07, 6.45) is 0.886. The van der Waals surface area contributed by atoms with Crippen molar-refractivity contribution in [1.29, 1.82) is 0 Å². The van der Waals surface area contributed by atoms with Crippen molar-refractivity contribution in [3.63, 3.8) is 0 Å². The van der Waals surface area contributed by atoms with Gasteiger partial charge in [-0.2, -0.15) is 0 Å². The molecule has 0 radical (unpaired) electrons. The summed E-state index contributed by atoms with van der Waals surface area (Å²) in [5.41, 5.74) is 6.25. The molecular formula is C12H20N4OS. The van der Waals surface area contributed by atoms with Gasteiger partial charge in [0.05, 0.1) is 5.75 Å². The van der Waals surface area contributed by atoms with E-state index >= 15 is 0 Å². The van der Waals surface area contributed by atoms with E-state index in [1.54, 1.807) is 6.07 Å². The number of nitrogens with two attached hydrogens (primary N) is 1. The highest BCUT2D eigenvalue weighted by Gasteiger charge is 2.17. The Kier molecular flexibility index (Phi) is 4.95. The predicted molar refractivity (Wildman–Crippen MR) is 74.4 cm³/mol. The molecule has 18 heavy (non-hydrogen) atoms. The number of hydrogen-bond donors (Lipinski definition) is 2. The van der Waals surface area contributed by atoms with Crippen LogP contribution in [0.4, 0.5) is 5.82 Å². The number of nitrogen functional groups attached to an aromatic ring is 1. The molecule has 0 aliphatic rings. The van der Waals surface area contributed by atoms with Gasteiger partial charge in [-0.15, -0.1) is 0 Å². The van der Waals surface area contributed by atoms with E-state index in [0.29, 0.717) is 16.7 Å². The van der Waals surface area contributed by atoms with Crippen LogP contribution in [-0.4, -0.2) is 27.2 Å². The summed E-state index contributed by atoms with van der Waals surface area (Å²) in [7, 11) is 0. The Morgan fingerprint density at radius 1 is 1.50 bits per heavy atom. The summed E-state index contributed by atoms with van der Waals surface area (Å²) in [4.78, 5) is 20.0. The van der Waals surface area contributed by atoms with E-state index in [4.69, 9.17) is 5.73 Å². The van der Waals surface area contributed by atoms with Gasteiger partial charge < -0.3 is 11.1 Å². The fraction of sp³-hybridized carbons (Fsp3) is 0.583. The molecule has 0 atom stereocenters. The molecule has 6 heteroatoms. The number of nitrogens with one attached hydrogen (secondary N) is 1. The summed E-state index contributed by atoms with van der Waals surface area (Å²) >= 11 is 1.29. The van der Waals surface area contributed by atoms with Crippen molar-refractivity contribution in [2.45, 2.75) is 44.8 Å². The summed E-state index contributed by atoms with van der Waals surface area (Å²) in [5.74, 6) is 0.710. The quantitative estimate of drug-likeness (QED) is 0.628. The first-order valence-corrected chi connectivity index (χ1v) is 6.86. The van der Waals surface area contributed by atoms with Gasteiger partial charge in [0.2, 0.25) is 5.91 Å². The molecule has 1 aromatic heterocycles. The first kappa shape index (κ1) is 14.8. The highest BCUT2D eigenvalue weighted by atomic mass is 32.2. The number of amides is 1. The molecule has 3 N–H and O–H groups in total. The van der Waals surface area contributed by atoms with Gasteiger partial charge in [-0.3, -0.25) is 4.79 Å². The molecule has 5 nitrogen and oxygen atoms in total. The number of aryl methyl sites for hydroxylation is 1. The van der Waals surface area contributed by atoms with E-state index in [1.165, 1.54) is 11.8 Å². The molecule has 0 saturated carbocycles. The number of thioether (sulfide) groups is 1. The van der Waals surface area contributed by atoms with E-state index in [1.807, 2.05) is 27.7 Å². The van der Waals surface area contributed by atoms with E-state index in [0.717, 1.165) is 12.1 Å². The van der Waals surface area contributed by atoms with Crippen molar-refractivity contribution < 1.29 is 4.79 Å². The fourth-order valence-corrected chi connectivity index (χ4v) is 1.97. The van der Waals surface area contributed by atoms with Crippen LogP contribution < -0.4 is 11.1 Å². The van der Waals surface area contributed by atoms with Crippen LogP contribution in [0.1, 0.15) is 32.9 Å². The van der Waals surface area contributed by atoms with Crippen LogP contribution in [0.2, 0.25) is 0 Å². The van der Waals surface area contributed by atoms with Gasteiger partial charge in [0, 0.05) is 17.3 Å². The number of aromatic nitrogens is 2. The van der Waals surface area contributed by atoms with Crippen LogP contribution in [0.25, 0.3) is 0 Å². The Bertz CT molecular complexity index is 414. The zero-order valence-electron chi connectivity index (χ0n) is 11.3. The van der Waals surface area contributed by atoms with Crippen LogP contribution in [0.5, 0.6) is 0 Å². The van der Waals surface area contributed by atoms with Crippen molar-refractivity contribution in [3.8, 4) is 0 Å². The van der Waals surface area contributed by atoms with Crippen LogP contribution in [0.15, 0.2) is 11.2 Å². The minimum Gasteiger partial charge on any atom is -0.384 e. The number of nitrogens with zero attached hydrogens (tertiary/aromatic N) is 2. The van der Waals surface area contributed by atoms with Gasteiger partial charge in [0.25, 0.3) is 0 Å². The van der Waals surface area contributed by atoms with Gasteiger partial charge in [-0.05, 0) is 27.2 Å². The SMILES string of the molecule is CCC(C)(C)NC(=O)CSc1nc(C)cc(N)n1. The standard InChI is InChI=1S/C12H20N4OS/c1-5-12(3,4)16-10(17)7-18-11-14-8(2)6-9(13)15-11/h6H,5,7H2,1-4H3,(H,16,17)(H2,13,14,15). The van der Waals surface area contributed by atoms with Gasteiger partial charge in [-0.1, -0.05) is 18.7 Å². The molecule has 100 valence electrons. The summed E-state index contributed by atoms with van der Waals surface area (Å²) in [6, 6.07) is 1.70. The molecule has 0 saturated heterocycles. The van der Waals surface area contributed by atoms with Crippen molar-refractivity contribution in [2.24, 2.45) is 0 Å². The second kappa shape index (κ2) is 6.04. The first-order valence-electron chi connectivity index (χ1n) is 5.87. The largest absolute Gasteiger partial charge is 0.384 e. The average Bonchev–Trinajstić information content (AvgIpc) is 2.24. The van der Waals surface area contributed by atoms with Gasteiger partial charge >= 0.3 is 0 Å². The summed E-state index contributed by atoms with van der Waals surface area (Å²) in [6.45, 7) is 7.88. The monoisotopic (exact) mass is 268 g/mol. The lowest BCUT2D eigenvalue weighted by molar-refractivity contribution is -0.120. The van der Waals surface area contributed by atoms with Crippen LogP contribution in [0.3, 0.4) is 0 Å². The number of carbonyl (C=O) groups excluding carboxylic acids is 1. The second-order valence-corrected chi connectivity index (χ2v) is 5.73. The van der Waals surface area contributed by atoms with Crippen LogP contribution in [0, 0.1) is 6.92 Å². The summed E-state index contributed by atoms with van der Waals surface area (Å²) < 4.78 is 0. The van der Waals surface area contributed by atoms with E-state index in [9.17, 15) is 4.79 Å². The molecule has 0 bridgehead atoms. The molecule has 1 amide bonds. The number of carbonyl (C=O) groups is 1. The number of anilines is 1. The lowest BCUT2D eigenvalue weighted by atomic mass is 10.0. The number of rotatable bonds is 5. The second-order valence-electron chi connectivity index (χ2n) is 4.79.